The maximum atomic E-state index is 12.9. The zero-order chi connectivity index (χ0) is 22.6. The molecule has 4 rings (SSSR count). The number of amides is 3. The first kappa shape index (κ1) is 21.9. The molecular formula is C24H29N3O5. The fourth-order valence-electron chi connectivity index (χ4n) is 4.51. The van der Waals surface area contributed by atoms with Gasteiger partial charge in [0.15, 0.2) is 0 Å². The number of carbonyl (C=O) groups excluding carboxylic acids is 3. The molecule has 1 N–H and O–H groups in total. The van der Waals surface area contributed by atoms with Gasteiger partial charge in [-0.05, 0) is 49.2 Å². The second kappa shape index (κ2) is 9.46. The van der Waals surface area contributed by atoms with Gasteiger partial charge in [-0.1, -0.05) is 0 Å². The molecule has 0 unspecified atom stereocenters. The second-order valence-corrected chi connectivity index (χ2v) is 8.49. The number of rotatable bonds is 7. The Bertz CT molecular complexity index is 949. The Labute approximate surface area is 187 Å². The largest absolute Gasteiger partial charge is 0.497 e. The smallest absolute Gasteiger partial charge is 0.253 e. The van der Waals surface area contributed by atoms with E-state index >= 15 is 0 Å². The molecule has 0 radical (unpaired) electrons. The van der Waals surface area contributed by atoms with E-state index in [2.05, 4.69) is 5.32 Å². The molecule has 2 aliphatic rings. The zero-order valence-electron chi connectivity index (χ0n) is 18.3. The van der Waals surface area contributed by atoms with Crippen molar-refractivity contribution in [3.8, 4) is 5.75 Å². The van der Waals surface area contributed by atoms with Gasteiger partial charge in [-0.15, -0.1) is 0 Å². The van der Waals surface area contributed by atoms with E-state index in [9.17, 15) is 14.4 Å². The van der Waals surface area contributed by atoms with E-state index in [1.54, 1.807) is 42.5 Å². The summed E-state index contributed by atoms with van der Waals surface area (Å²) in [7, 11) is 1.59. The molecule has 1 atom stereocenters. The minimum atomic E-state index is -0.434. The standard InChI is InChI=1S/C24H29N3O5/c1-31-19-6-4-18(5-7-19)23(30)27-14-12-26(13-15-27)22(29)9-11-24(10-8-21(28)25-24)17-20-3-2-16-32-20/h2-7,16H,8-15,17H2,1H3,(H,25,28)/t24-/m1/s1. The molecule has 0 spiro atoms. The van der Waals surface area contributed by atoms with E-state index in [1.807, 2.05) is 17.0 Å². The lowest BCUT2D eigenvalue weighted by Crippen LogP contribution is -2.51. The normalized spacial score (nSPS) is 20.8. The third-order valence-corrected chi connectivity index (χ3v) is 6.40. The first-order valence-corrected chi connectivity index (χ1v) is 11.0. The van der Waals surface area contributed by atoms with Gasteiger partial charge in [0.05, 0.1) is 13.4 Å². The third kappa shape index (κ3) is 4.95. The van der Waals surface area contributed by atoms with Gasteiger partial charge in [0, 0.05) is 56.5 Å². The number of carbonyl (C=O) groups is 3. The van der Waals surface area contributed by atoms with Crippen molar-refractivity contribution in [2.45, 2.75) is 37.6 Å². The number of piperazine rings is 1. The monoisotopic (exact) mass is 439 g/mol. The van der Waals surface area contributed by atoms with E-state index in [0.717, 1.165) is 5.76 Å². The van der Waals surface area contributed by atoms with Crippen molar-refractivity contribution in [3.05, 3.63) is 54.0 Å². The average molecular weight is 440 g/mol. The number of furan rings is 1. The summed E-state index contributed by atoms with van der Waals surface area (Å²) in [5.74, 6) is 1.56. The summed E-state index contributed by atoms with van der Waals surface area (Å²) in [5.41, 5.74) is 0.180. The van der Waals surface area contributed by atoms with Crippen LogP contribution in [0.2, 0.25) is 0 Å². The van der Waals surface area contributed by atoms with Crippen molar-refractivity contribution < 1.29 is 23.5 Å². The summed E-state index contributed by atoms with van der Waals surface area (Å²) in [6, 6.07) is 10.8. The average Bonchev–Trinajstić information content (AvgIpc) is 3.47. The number of nitrogens with one attached hydrogen (secondary N) is 1. The van der Waals surface area contributed by atoms with E-state index in [1.165, 1.54) is 0 Å². The number of methoxy groups -OCH3 is 1. The van der Waals surface area contributed by atoms with Crippen LogP contribution in [0.4, 0.5) is 0 Å². The quantitative estimate of drug-likeness (QED) is 0.714. The van der Waals surface area contributed by atoms with Crippen LogP contribution in [0.5, 0.6) is 5.75 Å². The molecule has 1 aromatic heterocycles. The molecule has 3 heterocycles. The number of hydrogen-bond donors (Lipinski definition) is 1. The van der Waals surface area contributed by atoms with Gasteiger partial charge in [-0.25, -0.2) is 0 Å². The maximum absolute atomic E-state index is 12.9. The lowest BCUT2D eigenvalue weighted by atomic mass is 9.87. The van der Waals surface area contributed by atoms with Crippen molar-refractivity contribution in [2.75, 3.05) is 33.3 Å². The summed E-state index contributed by atoms with van der Waals surface area (Å²) in [6.07, 6.45) is 4.31. The molecule has 3 amide bonds. The molecule has 2 saturated heterocycles. The van der Waals surface area contributed by atoms with Gasteiger partial charge < -0.3 is 24.3 Å². The lowest BCUT2D eigenvalue weighted by molar-refractivity contribution is -0.133. The predicted octanol–water partition coefficient (Wildman–Crippen LogP) is 2.24. The van der Waals surface area contributed by atoms with Crippen molar-refractivity contribution in [3.63, 3.8) is 0 Å². The first-order chi connectivity index (χ1) is 15.5. The molecule has 2 aliphatic heterocycles. The first-order valence-electron chi connectivity index (χ1n) is 11.0. The summed E-state index contributed by atoms with van der Waals surface area (Å²) in [6.45, 7) is 2.03. The van der Waals surface area contributed by atoms with Crippen LogP contribution < -0.4 is 10.1 Å². The second-order valence-electron chi connectivity index (χ2n) is 8.49. The number of nitrogens with zero attached hydrogens (tertiary/aromatic N) is 2. The van der Waals surface area contributed by atoms with Crippen LogP contribution in [0.3, 0.4) is 0 Å². The Morgan fingerprint density at radius 1 is 1.09 bits per heavy atom. The fourth-order valence-corrected chi connectivity index (χ4v) is 4.51. The molecule has 8 heteroatoms. The summed E-state index contributed by atoms with van der Waals surface area (Å²) < 4.78 is 10.6. The molecule has 170 valence electrons. The lowest BCUT2D eigenvalue weighted by Gasteiger charge is -2.36. The highest BCUT2D eigenvalue weighted by Crippen LogP contribution is 2.30. The Balaban J connectivity index is 1.29. The SMILES string of the molecule is COc1ccc(C(=O)N2CCN(C(=O)CC[C@@]3(Cc4ccco4)CCC(=O)N3)CC2)cc1. The predicted molar refractivity (Wildman–Crippen MR) is 117 cm³/mol. The van der Waals surface area contributed by atoms with Crippen LogP contribution in [0.15, 0.2) is 47.1 Å². The fraction of sp³-hybridized carbons (Fsp3) is 0.458. The van der Waals surface area contributed by atoms with Crippen LogP contribution in [-0.4, -0.2) is 66.3 Å². The molecule has 0 saturated carbocycles. The van der Waals surface area contributed by atoms with E-state index in [-0.39, 0.29) is 17.7 Å². The van der Waals surface area contributed by atoms with Crippen LogP contribution in [0.25, 0.3) is 0 Å². The summed E-state index contributed by atoms with van der Waals surface area (Å²) in [4.78, 5) is 41.1. The van der Waals surface area contributed by atoms with Gasteiger partial charge in [-0.2, -0.15) is 0 Å². The van der Waals surface area contributed by atoms with Crippen molar-refractivity contribution in [2.24, 2.45) is 0 Å². The highest BCUT2D eigenvalue weighted by molar-refractivity contribution is 5.94. The Kier molecular flexibility index (Phi) is 6.48. The number of benzene rings is 1. The van der Waals surface area contributed by atoms with Crippen LogP contribution >= 0.6 is 0 Å². The minimum absolute atomic E-state index is 0.0228. The van der Waals surface area contributed by atoms with Crippen LogP contribution in [-0.2, 0) is 16.0 Å². The number of ether oxygens (including phenoxy) is 1. The molecule has 1 aromatic carbocycles. The van der Waals surface area contributed by atoms with E-state index < -0.39 is 5.54 Å². The van der Waals surface area contributed by atoms with Gasteiger partial charge in [-0.3, -0.25) is 14.4 Å². The molecule has 0 aliphatic carbocycles. The van der Waals surface area contributed by atoms with Crippen molar-refractivity contribution in [1.29, 1.82) is 0 Å². The van der Waals surface area contributed by atoms with E-state index in [0.29, 0.717) is 69.6 Å². The molecule has 2 aromatic rings. The highest BCUT2D eigenvalue weighted by Gasteiger charge is 2.39. The van der Waals surface area contributed by atoms with Crippen LogP contribution in [0, 0.1) is 0 Å². The molecule has 8 nitrogen and oxygen atoms in total. The molecule has 32 heavy (non-hydrogen) atoms. The van der Waals surface area contributed by atoms with Gasteiger partial charge in [0.1, 0.15) is 11.5 Å². The topological polar surface area (TPSA) is 92.1 Å². The molecule has 2 fully saturated rings. The summed E-state index contributed by atoms with van der Waals surface area (Å²) >= 11 is 0. The minimum Gasteiger partial charge on any atom is -0.497 e. The highest BCUT2D eigenvalue weighted by atomic mass is 16.5. The molecular weight excluding hydrogens is 410 g/mol. The third-order valence-electron chi connectivity index (χ3n) is 6.40. The molecule has 0 bridgehead atoms. The zero-order valence-corrected chi connectivity index (χ0v) is 18.3. The number of hydrogen-bond acceptors (Lipinski definition) is 5. The van der Waals surface area contributed by atoms with Gasteiger partial charge >= 0.3 is 0 Å². The van der Waals surface area contributed by atoms with E-state index in [4.69, 9.17) is 9.15 Å². The van der Waals surface area contributed by atoms with Gasteiger partial charge in [0.2, 0.25) is 11.8 Å². The Morgan fingerprint density at radius 3 is 2.41 bits per heavy atom. The van der Waals surface area contributed by atoms with Crippen molar-refractivity contribution >= 4 is 17.7 Å². The van der Waals surface area contributed by atoms with Crippen molar-refractivity contribution in [1.82, 2.24) is 15.1 Å². The Hall–Kier alpha value is -3.29. The maximum Gasteiger partial charge on any atom is 0.253 e. The van der Waals surface area contributed by atoms with Gasteiger partial charge in [0.25, 0.3) is 5.91 Å². The Morgan fingerprint density at radius 2 is 1.81 bits per heavy atom. The summed E-state index contributed by atoms with van der Waals surface area (Å²) in [5, 5.41) is 3.08. The van der Waals surface area contributed by atoms with Crippen LogP contribution in [0.1, 0.15) is 41.8 Å².